The summed E-state index contributed by atoms with van der Waals surface area (Å²) in [5, 5.41) is 0. The number of hydrogen-bond donors (Lipinski definition) is 1. The van der Waals surface area contributed by atoms with E-state index in [0.717, 1.165) is 6.54 Å². The van der Waals surface area contributed by atoms with E-state index in [1.165, 1.54) is 37.7 Å². The van der Waals surface area contributed by atoms with Crippen molar-refractivity contribution >= 4 is 0 Å². The third kappa shape index (κ3) is 1.89. The van der Waals surface area contributed by atoms with Crippen LogP contribution in [-0.2, 0) is 6.54 Å². The third-order valence-electron chi connectivity index (χ3n) is 4.11. The van der Waals surface area contributed by atoms with Gasteiger partial charge in [0, 0.05) is 30.2 Å². The Kier molecular flexibility index (Phi) is 2.74. The fraction of sp³-hybridized carbons (Fsp3) is 0.692. The lowest BCUT2D eigenvalue weighted by Gasteiger charge is -2.48. The zero-order valence-corrected chi connectivity index (χ0v) is 9.64. The van der Waals surface area contributed by atoms with E-state index < -0.39 is 0 Å². The Morgan fingerprint density at radius 2 is 2.06 bits per heavy atom. The molecule has 2 N–H and O–H groups in total. The van der Waals surface area contributed by atoms with Crippen molar-refractivity contribution < 1.29 is 4.42 Å². The van der Waals surface area contributed by atoms with E-state index in [4.69, 9.17) is 10.2 Å². The van der Waals surface area contributed by atoms with Crippen LogP contribution in [0.25, 0.3) is 0 Å². The molecule has 2 fully saturated rings. The number of hydrogen-bond acceptors (Lipinski definition) is 3. The molecule has 1 aromatic heterocycles. The van der Waals surface area contributed by atoms with Crippen LogP contribution in [0.3, 0.4) is 0 Å². The molecule has 3 rings (SSSR count). The first-order chi connectivity index (χ1) is 7.83. The van der Waals surface area contributed by atoms with Crippen molar-refractivity contribution in [2.24, 2.45) is 5.73 Å². The molecule has 2 aliphatic heterocycles. The van der Waals surface area contributed by atoms with Crippen molar-refractivity contribution in [3.63, 3.8) is 0 Å². The van der Waals surface area contributed by atoms with E-state index in [1.807, 2.05) is 6.26 Å². The smallest absolute Gasteiger partial charge is 0.0947 e. The second-order valence-electron chi connectivity index (χ2n) is 5.27. The predicted octanol–water partition coefficient (Wildman–Crippen LogP) is 2.12. The van der Waals surface area contributed by atoms with Gasteiger partial charge in [-0.2, -0.15) is 0 Å². The maximum absolute atomic E-state index is 6.12. The molecule has 2 saturated heterocycles. The number of rotatable bonds is 2. The van der Waals surface area contributed by atoms with Gasteiger partial charge in [0.05, 0.1) is 12.5 Å². The number of fused-ring (bicyclic) bond motifs is 2. The van der Waals surface area contributed by atoms with Gasteiger partial charge in [-0.1, -0.05) is 6.42 Å². The van der Waals surface area contributed by atoms with Crippen molar-refractivity contribution in [2.45, 2.75) is 56.8 Å². The minimum atomic E-state index is 0.427. The molecule has 3 nitrogen and oxygen atoms in total. The summed E-state index contributed by atoms with van der Waals surface area (Å²) < 4.78 is 5.15. The zero-order chi connectivity index (χ0) is 11.0. The standard InChI is InChI=1S/C13H20N2O/c14-11-6-12-2-1-3-13(7-11)15(12)8-10-4-5-16-9-10/h4-5,9,11-13H,1-3,6-8,14H2. The summed E-state index contributed by atoms with van der Waals surface area (Å²) in [6, 6.07) is 3.91. The van der Waals surface area contributed by atoms with Gasteiger partial charge in [-0.3, -0.25) is 4.90 Å². The maximum atomic E-state index is 6.12. The average Bonchev–Trinajstić information content (AvgIpc) is 2.72. The van der Waals surface area contributed by atoms with Crippen molar-refractivity contribution in [1.82, 2.24) is 4.90 Å². The summed E-state index contributed by atoms with van der Waals surface area (Å²) in [6.45, 7) is 1.04. The average molecular weight is 220 g/mol. The molecule has 1 aromatic rings. The van der Waals surface area contributed by atoms with Crippen LogP contribution in [0.5, 0.6) is 0 Å². The van der Waals surface area contributed by atoms with Crippen molar-refractivity contribution in [1.29, 1.82) is 0 Å². The van der Waals surface area contributed by atoms with Crippen LogP contribution in [0, 0.1) is 0 Å². The molecule has 3 heteroatoms. The van der Waals surface area contributed by atoms with Crippen LogP contribution < -0.4 is 5.73 Å². The van der Waals surface area contributed by atoms with Crippen LogP contribution in [0.1, 0.15) is 37.7 Å². The fourth-order valence-electron chi connectivity index (χ4n) is 3.37. The second-order valence-corrected chi connectivity index (χ2v) is 5.27. The first-order valence-electron chi connectivity index (χ1n) is 6.35. The minimum Gasteiger partial charge on any atom is -0.472 e. The molecule has 0 radical (unpaired) electrons. The summed E-state index contributed by atoms with van der Waals surface area (Å²) in [7, 11) is 0. The quantitative estimate of drug-likeness (QED) is 0.830. The van der Waals surface area contributed by atoms with Gasteiger partial charge in [0.1, 0.15) is 0 Å². The van der Waals surface area contributed by atoms with E-state index in [-0.39, 0.29) is 0 Å². The Hall–Kier alpha value is -0.800. The van der Waals surface area contributed by atoms with Crippen LogP contribution >= 0.6 is 0 Å². The van der Waals surface area contributed by atoms with E-state index in [2.05, 4.69) is 11.0 Å². The molecule has 2 bridgehead atoms. The second kappa shape index (κ2) is 4.22. The SMILES string of the molecule is NC1CC2CCCC(C1)N2Cc1ccoc1. The van der Waals surface area contributed by atoms with Gasteiger partial charge in [-0.15, -0.1) is 0 Å². The van der Waals surface area contributed by atoms with Gasteiger partial charge >= 0.3 is 0 Å². The van der Waals surface area contributed by atoms with E-state index in [9.17, 15) is 0 Å². The van der Waals surface area contributed by atoms with Gasteiger partial charge in [0.15, 0.2) is 0 Å². The number of nitrogens with two attached hydrogens (primary N) is 1. The highest BCUT2D eigenvalue weighted by Crippen LogP contribution is 2.34. The summed E-state index contributed by atoms with van der Waals surface area (Å²) in [5.74, 6) is 0. The summed E-state index contributed by atoms with van der Waals surface area (Å²) in [4.78, 5) is 2.65. The predicted molar refractivity (Wildman–Crippen MR) is 62.9 cm³/mol. The zero-order valence-electron chi connectivity index (χ0n) is 9.64. The Balaban J connectivity index is 1.74. The molecule has 2 aliphatic rings. The largest absolute Gasteiger partial charge is 0.472 e. The third-order valence-corrected chi connectivity index (χ3v) is 4.11. The number of piperidine rings is 2. The summed E-state index contributed by atoms with van der Waals surface area (Å²) in [6.07, 6.45) is 10.0. The normalized spacial score (nSPS) is 35.2. The Bertz CT molecular complexity index is 322. The first kappa shape index (κ1) is 10.4. The Labute approximate surface area is 96.6 Å². The Morgan fingerprint density at radius 3 is 2.69 bits per heavy atom. The molecule has 0 amide bonds. The van der Waals surface area contributed by atoms with Crippen molar-refractivity contribution in [3.8, 4) is 0 Å². The van der Waals surface area contributed by atoms with Crippen molar-refractivity contribution in [2.75, 3.05) is 0 Å². The minimum absolute atomic E-state index is 0.427. The highest BCUT2D eigenvalue weighted by atomic mass is 16.3. The Morgan fingerprint density at radius 1 is 1.31 bits per heavy atom. The van der Waals surface area contributed by atoms with E-state index in [1.54, 1.807) is 6.26 Å². The fourth-order valence-corrected chi connectivity index (χ4v) is 3.37. The molecule has 88 valence electrons. The van der Waals surface area contributed by atoms with Gasteiger partial charge < -0.3 is 10.2 Å². The van der Waals surface area contributed by atoms with Crippen molar-refractivity contribution in [3.05, 3.63) is 24.2 Å². The van der Waals surface area contributed by atoms with Crippen LogP contribution in [0.15, 0.2) is 23.0 Å². The molecule has 2 atom stereocenters. The molecule has 0 aliphatic carbocycles. The van der Waals surface area contributed by atoms with Crippen LogP contribution in [0.2, 0.25) is 0 Å². The lowest BCUT2D eigenvalue weighted by Crippen LogP contribution is -2.54. The molecular formula is C13H20N2O. The summed E-state index contributed by atoms with van der Waals surface area (Å²) in [5.41, 5.74) is 7.41. The lowest BCUT2D eigenvalue weighted by molar-refractivity contribution is 0.0244. The van der Waals surface area contributed by atoms with Gasteiger partial charge in [-0.05, 0) is 31.7 Å². The molecule has 0 aromatic carbocycles. The first-order valence-corrected chi connectivity index (χ1v) is 6.35. The topological polar surface area (TPSA) is 42.4 Å². The molecule has 16 heavy (non-hydrogen) atoms. The maximum Gasteiger partial charge on any atom is 0.0947 e. The van der Waals surface area contributed by atoms with E-state index >= 15 is 0 Å². The van der Waals surface area contributed by atoms with Crippen LogP contribution in [-0.4, -0.2) is 23.0 Å². The molecule has 3 heterocycles. The van der Waals surface area contributed by atoms with Crippen LogP contribution in [0.4, 0.5) is 0 Å². The lowest BCUT2D eigenvalue weighted by atomic mass is 9.82. The highest BCUT2D eigenvalue weighted by molar-refractivity contribution is 5.07. The molecule has 0 saturated carbocycles. The molecule has 0 spiro atoms. The van der Waals surface area contributed by atoms with Gasteiger partial charge in [0.2, 0.25) is 0 Å². The molecule has 2 unspecified atom stereocenters. The van der Waals surface area contributed by atoms with E-state index in [0.29, 0.717) is 18.1 Å². The highest BCUT2D eigenvalue weighted by Gasteiger charge is 2.36. The monoisotopic (exact) mass is 220 g/mol. The number of furan rings is 1. The number of nitrogens with zero attached hydrogens (tertiary/aromatic N) is 1. The summed E-state index contributed by atoms with van der Waals surface area (Å²) >= 11 is 0. The van der Waals surface area contributed by atoms with Gasteiger partial charge in [-0.25, -0.2) is 0 Å². The molecular weight excluding hydrogens is 200 g/mol. The van der Waals surface area contributed by atoms with Gasteiger partial charge in [0.25, 0.3) is 0 Å².